The minimum Gasteiger partial charge on any atom is -0.495 e. The standard InChI is InChI=1S/C22H18BrCl2NO4/c1-29-21-6-3-14(22(27)28)10-19(21)26-11-15-9-16(23)4-7-20(15)30-12-13-2-5-17(24)18(25)8-13/h2-10,26H,11-12H2,1H3,(H,27,28). The van der Waals surface area contributed by atoms with Gasteiger partial charge in [-0.3, -0.25) is 0 Å². The Balaban J connectivity index is 1.78. The third-order valence-corrected chi connectivity index (χ3v) is 5.55. The van der Waals surface area contributed by atoms with Crippen molar-refractivity contribution in [3.8, 4) is 11.5 Å². The van der Waals surface area contributed by atoms with Gasteiger partial charge in [0.2, 0.25) is 0 Å². The first-order valence-electron chi connectivity index (χ1n) is 8.87. The molecule has 156 valence electrons. The Kier molecular flexibility index (Phi) is 7.48. The van der Waals surface area contributed by atoms with Crippen LogP contribution in [0.2, 0.25) is 10.0 Å². The van der Waals surface area contributed by atoms with Crippen LogP contribution in [0.3, 0.4) is 0 Å². The predicted molar refractivity (Wildman–Crippen MR) is 122 cm³/mol. The predicted octanol–water partition coefficient (Wildman–Crippen LogP) is 6.65. The van der Waals surface area contributed by atoms with Crippen molar-refractivity contribution in [2.24, 2.45) is 0 Å². The van der Waals surface area contributed by atoms with Crippen molar-refractivity contribution in [2.75, 3.05) is 12.4 Å². The molecular weight excluding hydrogens is 493 g/mol. The number of hydrogen-bond acceptors (Lipinski definition) is 4. The number of rotatable bonds is 8. The lowest BCUT2D eigenvalue weighted by atomic mass is 10.1. The number of methoxy groups -OCH3 is 1. The first kappa shape index (κ1) is 22.3. The highest BCUT2D eigenvalue weighted by Crippen LogP contribution is 2.30. The molecule has 0 fully saturated rings. The van der Waals surface area contributed by atoms with E-state index in [0.29, 0.717) is 40.4 Å². The summed E-state index contributed by atoms with van der Waals surface area (Å²) < 4.78 is 12.2. The number of nitrogens with one attached hydrogen (secondary N) is 1. The molecule has 0 aromatic heterocycles. The van der Waals surface area contributed by atoms with Crippen molar-refractivity contribution in [1.82, 2.24) is 0 Å². The number of carboxylic acid groups (broad SMARTS) is 1. The van der Waals surface area contributed by atoms with Gasteiger partial charge in [-0.25, -0.2) is 4.79 Å². The van der Waals surface area contributed by atoms with Crippen LogP contribution in [0.5, 0.6) is 11.5 Å². The van der Waals surface area contributed by atoms with E-state index < -0.39 is 5.97 Å². The summed E-state index contributed by atoms with van der Waals surface area (Å²) in [7, 11) is 1.53. The molecule has 8 heteroatoms. The van der Waals surface area contributed by atoms with Gasteiger partial charge in [-0.1, -0.05) is 45.2 Å². The lowest BCUT2D eigenvalue weighted by Crippen LogP contribution is -2.06. The van der Waals surface area contributed by atoms with Crippen molar-refractivity contribution in [1.29, 1.82) is 0 Å². The zero-order valence-electron chi connectivity index (χ0n) is 15.9. The highest BCUT2D eigenvalue weighted by atomic mass is 79.9. The van der Waals surface area contributed by atoms with E-state index >= 15 is 0 Å². The van der Waals surface area contributed by atoms with Gasteiger partial charge in [-0.05, 0) is 54.1 Å². The number of carbonyl (C=O) groups is 1. The smallest absolute Gasteiger partial charge is 0.335 e. The number of halogens is 3. The van der Waals surface area contributed by atoms with Crippen LogP contribution >= 0.6 is 39.1 Å². The van der Waals surface area contributed by atoms with Crippen LogP contribution in [0, 0.1) is 0 Å². The summed E-state index contributed by atoms with van der Waals surface area (Å²) in [6, 6.07) is 15.7. The number of carboxylic acids is 1. The van der Waals surface area contributed by atoms with Gasteiger partial charge in [0, 0.05) is 16.6 Å². The molecule has 0 atom stereocenters. The molecule has 5 nitrogen and oxygen atoms in total. The summed E-state index contributed by atoms with van der Waals surface area (Å²) in [5.41, 5.74) is 2.52. The Bertz CT molecular complexity index is 1070. The van der Waals surface area contributed by atoms with E-state index in [-0.39, 0.29) is 5.56 Å². The van der Waals surface area contributed by atoms with Crippen LogP contribution in [0.1, 0.15) is 21.5 Å². The van der Waals surface area contributed by atoms with Crippen LogP contribution in [0.25, 0.3) is 0 Å². The number of benzene rings is 3. The zero-order chi connectivity index (χ0) is 21.7. The van der Waals surface area contributed by atoms with Gasteiger partial charge in [-0.15, -0.1) is 0 Å². The number of aromatic carboxylic acids is 1. The monoisotopic (exact) mass is 509 g/mol. The summed E-state index contributed by atoms with van der Waals surface area (Å²) in [6.07, 6.45) is 0. The Hall–Kier alpha value is -2.41. The van der Waals surface area contributed by atoms with Crippen molar-refractivity contribution in [3.63, 3.8) is 0 Å². The van der Waals surface area contributed by atoms with Gasteiger partial charge in [0.1, 0.15) is 18.1 Å². The fourth-order valence-electron chi connectivity index (χ4n) is 2.79. The topological polar surface area (TPSA) is 67.8 Å². The molecule has 0 aliphatic heterocycles. The normalized spacial score (nSPS) is 10.5. The number of anilines is 1. The molecule has 0 bridgehead atoms. The van der Waals surface area contributed by atoms with E-state index in [1.165, 1.54) is 19.2 Å². The van der Waals surface area contributed by atoms with E-state index in [1.807, 2.05) is 24.3 Å². The van der Waals surface area contributed by atoms with Gasteiger partial charge in [-0.2, -0.15) is 0 Å². The van der Waals surface area contributed by atoms with E-state index in [4.69, 9.17) is 32.7 Å². The molecule has 0 heterocycles. The zero-order valence-corrected chi connectivity index (χ0v) is 19.0. The molecule has 2 N–H and O–H groups in total. The van der Waals surface area contributed by atoms with Crippen molar-refractivity contribution in [2.45, 2.75) is 13.2 Å². The molecule has 0 aliphatic rings. The van der Waals surface area contributed by atoms with Gasteiger partial charge in [0.05, 0.1) is 28.4 Å². The van der Waals surface area contributed by atoms with Crippen LogP contribution in [-0.4, -0.2) is 18.2 Å². The second-order valence-corrected chi connectivity index (χ2v) is 8.09. The molecule has 0 saturated carbocycles. The fraction of sp³-hybridized carbons (Fsp3) is 0.136. The Morgan fingerprint density at radius 2 is 1.80 bits per heavy atom. The molecule has 0 aliphatic carbocycles. The van der Waals surface area contributed by atoms with Crippen LogP contribution in [0.4, 0.5) is 5.69 Å². The first-order valence-corrected chi connectivity index (χ1v) is 10.4. The van der Waals surface area contributed by atoms with Crippen LogP contribution in [-0.2, 0) is 13.2 Å². The van der Waals surface area contributed by atoms with Crippen molar-refractivity contribution >= 4 is 50.8 Å². The average Bonchev–Trinajstić information content (AvgIpc) is 2.73. The van der Waals surface area contributed by atoms with Crippen LogP contribution < -0.4 is 14.8 Å². The van der Waals surface area contributed by atoms with E-state index in [1.54, 1.807) is 18.2 Å². The van der Waals surface area contributed by atoms with E-state index in [9.17, 15) is 9.90 Å². The van der Waals surface area contributed by atoms with Crippen molar-refractivity contribution in [3.05, 3.63) is 85.8 Å². The molecule has 30 heavy (non-hydrogen) atoms. The minimum absolute atomic E-state index is 0.170. The molecule has 0 amide bonds. The Morgan fingerprint density at radius 3 is 2.50 bits per heavy atom. The summed E-state index contributed by atoms with van der Waals surface area (Å²) >= 11 is 15.5. The molecule has 3 aromatic rings. The maximum atomic E-state index is 11.3. The molecule has 0 radical (unpaired) electrons. The van der Waals surface area contributed by atoms with Gasteiger partial charge in [0.25, 0.3) is 0 Å². The van der Waals surface area contributed by atoms with Gasteiger partial charge >= 0.3 is 5.97 Å². The third-order valence-electron chi connectivity index (χ3n) is 4.32. The van der Waals surface area contributed by atoms with Gasteiger partial charge < -0.3 is 19.9 Å². The molecule has 0 spiro atoms. The number of ether oxygens (including phenoxy) is 2. The number of hydrogen-bond donors (Lipinski definition) is 2. The molecule has 3 rings (SSSR count). The molecular formula is C22H18BrCl2NO4. The SMILES string of the molecule is COc1ccc(C(=O)O)cc1NCc1cc(Br)ccc1OCc1ccc(Cl)c(Cl)c1. The fourth-order valence-corrected chi connectivity index (χ4v) is 3.52. The summed E-state index contributed by atoms with van der Waals surface area (Å²) in [4.78, 5) is 11.3. The van der Waals surface area contributed by atoms with Crippen molar-refractivity contribution < 1.29 is 19.4 Å². The third kappa shape index (κ3) is 5.59. The second kappa shape index (κ2) is 10.1. The lowest BCUT2D eigenvalue weighted by Gasteiger charge is -2.16. The van der Waals surface area contributed by atoms with Crippen LogP contribution in [0.15, 0.2) is 59.1 Å². The highest BCUT2D eigenvalue weighted by molar-refractivity contribution is 9.10. The lowest BCUT2D eigenvalue weighted by molar-refractivity contribution is 0.0697. The largest absolute Gasteiger partial charge is 0.495 e. The summed E-state index contributed by atoms with van der Waals surface area (Å²) in [5.74, 6) is 0.229. The summed E-state index contributed by atoms with van der Waals surface area (Å²) in [6.45, 7) is 0.721. The second-order valence-electron chi connectivity index (χ2n) is 6.36. The van der Waals surface area contributed by atoms with E-state index in [0.717, 1.165) is 15.6 Å². The maximum Gasteiger partial charge on any atom is 0.335 e. The maximum absolute atomic E-state index is 11.3. The Labute approximate surface area is 192 Å². The average molecular weight is 511 g/mol. The molecule has 0 saturated heterocycles. The quantitative estimate of drug-likeness (QED) is 0.355. The van der Waals surface area contributed by atoms with Gasteiger partial charge in [0.15, 0.2) is 0 Å². The van der Waals surface area contributed by atoms with E-state index in [2.05, 4.69) is 21.2 Å². The Morgan fingerprint density at radius 1 is 1.03 bits per heavy atom. The molecule has 3 aromatic carbocycles. The molecule has 0 unspecified atom stereocenters. The minimum atomic E-state index is -1.01. The highest BCUT2D eigenvalue weighted by Gasteiger charge is 2.11. The first-order chi connectivity index (χ1) is 14.4. The summed E-state index contributed by atoms with van der Waals surface area (Å²) in [5, 5.41) is 13.4.